The van der Waals surface area contributed by atoms with Crippen LogP contribution in [0.15, 0.2) is 48.5 Å². The maximum absolute atomic E-state index is 13.0. The van der Waals surface area contributed by atoms with Crippen LogP contribution in [0.25, 0.3) is 0 Å². The molecule has 0 aliphatic heterocycles. The summed E-state index contributed by atoms with van der Waals surface area (Å²) < 4.78 is 18.5. The largest absolute Gasteiger partial charge is 0.489 e. The first-order valence-corrected chi connectivity index (χ1v) is 6.45. The molecule has 19 heavy (non-hydrogen) atoms. The molecule has 0 heterocycles. The van der Waals surface area contributed by atoms with Gasteiger partial charge in [0.15, 0.2) is 0 Å². The van der Waals surface area contributed by atoms with Gasteiger partial charge in [-0.25, -0.2) is 4.39 Å². The predicted molar refractivity (Wildman–Crippen MR) is 74.6 cm³/mol. The lowest BCUT2D eigenvalue weighted by molar-refractivity contribution is 0.304. The Bertz CT molecular complexity index is 510. The summed E-state index contributed by atoms with van der Waals surface area (Å²) >= 11 is 0. The monoisotopic (exact) mass is 259 g/mol. The first-order valence-electron chi connectivity index (χ1n) is 6.45. The van der Waals surface area contributed by atoms with Crippen molar-refractivity contribution in [1.82, 2.24) is 5.32 Å². The van der Waals surface area contributed by atoms with E-state index in [1.807, 2.05) is 12.1 Å². The lowest BCUT2D eigenvalue weighted by atomic mass is 10.1. The highest BCUT2D eigenvalue weighted by molar-refractivity contribution is 5.25. The van der Waals surface area contributed by atoms with Gasteiger partial charge in [-0.05, 0) is 29.8 Å². The van der Waals surface area contributed by atoms with Crippen molar-refractivity contribution in [3.05, 3.63) is 65.5 Å². The van der Waals surface area contributed by atoms with Crippen molar-refractivity contribution < 1.29 is 9.13 Å². The Morgan fingerprint density at radius 3 is 2.47 bits per heavy atom. The molecule has 2 rings (SSSR count). The average molecular weight is 259 g/mol. The summed E-state index contributed by atoms with van der Waals surface area (Å²) in [5, 5.41) is 3.28. The lowest BCUT2D eigenvalue weighted by Crippen LogP contribution is -2.11. The van der Waals surface area contributed by atoms with Gasteiger partial charge in [-0.3, -0.25) is 0 Å². The van der Waals surface area contributed by atoms with E-state index in [9.17, 15) is 4.39 Å². The Balaban J connectivity index is 1.89. The van der Waals surface area contributed by atoms with Gasteiger partial charge in [-0.1, -0.05) is 37.3 Å². The smallest absolute Gasteiger partial charge is 0.126 e. The molecule has 2 aromatic carbocycles. The van der Waals surface area contributed by atoms with Crippen LogP contribution in [0.2, 0.25) is 0 Å². The molecule has 0 fully saturated rings. The second kappa shape index (κ2) is 6.90. The van der Waals surface area contributed by atoms with Gasteiger partial charge in [0, 0.05) is 12.6 Å². The van der Waals surface area contributed by atoms with E-state index in [2.05, 4.69) is 24.4 Å². The zero-order valence-electron chi connectivity index (χ0n) is 11.0. The fourth-order valence-corrected chi connectivity index (χ4v) is 1.75. The Morgan fingerprint density at radius 1 is 1.05 bits per heavy atom. The molecular formula is C16H18FNO. The van der Waals surface area contributed by atoms with Crippen LogP contribution >= 0.6 is 0 Å². The van der Waals surface area contributed by atoms with Crippen LogP contribution in [0.5, 0.6) is 5.75 Å². The van der Waals surface area contributed by atoms with Crippen LogP contribution in [0.1, 0.15) is 18.1 Å². The Kier molecular flexibility index (Phi) is 4.93. The lowest BCUT2D eigenvalue weighted by Gasteiger charge is -2.07. The van der Waals surface area contributed by atoms with Gasteiger partial charge in [-0.2, -0.15) is 0 Å². The maximum Gasteiger partial charge on any atom is 0.126 e. The third-order valence-electron chi connectivity index (χ3n) is 2.80. The van der Waals surface area contributed by atoms with Gasteiger partial charge in [0.2, 0.25) is 0 Å². The molecule has 0 radical (unpaired) electrons. The molecule has 0 atom stereocenters. The molecule has 0 amide bonds. The van der Waals surface area contributed by atoms with E-state index < -0.39 is 0 Å². The molecule has 0 aliphatic carbocycles. The van der Waals surface area contributed by atoms with E-state index >= 15 is 0 Å². The number of benzene rings is 2. The van der Waals surface area contributed by atoms with E-state index in [1.54, 1.807) is 12.1 Å². The number of hydrogen-bond acceptors (Lipinski definition) is 2. The van der Waals surface area contributed by atoms with Gasteiger partial charge in [-0.15, -0.1) is 0 Å². The molecular weight excluding hydrogens is 241 g/mol. The number of ether oxygens (including phenoxy) is 1. The summed E-state index contributed by atoms with van der Waals surface area (Å²) in [6.07, 6.45) is 0. The van der Waals surface area contributed by atoms with Crippen molar-refractivity contribution in [2.75, 3.05) is 6.54 Å². The third kappa shape index (κ3) is 4.38. The van der Waals surface area contributed by atoms with Gasteiger partial charge >= 0.3 is 0 Å². The molecule has 0 spiro atoms. The molecule has 2 nitrogen and oxygen atoms in total. The number of rotatable bonds is 6. The fourth-order valence-electron chi connectivity index (χ4n) is 1.75. The van der Waals surface area contributed by atoms with Gasteiger partial charge in [0.25, 0.3) is 0 Å². The first kappa shape index (κ1) is 13.6. The van der Waals surface area contributed by atoms with Crippen molar-refractivity contribution in [2.45, 2.75) is 20.1 Å². The molecule has 2 aromatic rings. The molecule has 0 aromatic heterocycles. The van der Waals surface area contributed by atoms with Gasteiger partial charge in [0.05, 0.1) is 0 Å². The second-order valence-electron chi connectivity index (χ2n) is 4.34. The van der Waals surface area contributed by atoms with Crippen LogP contribution in [0.3, 0.4) is 0 Å². The van der Waals surface area contributed by atoms with Crippen molar-refractivity contribution in [3.63, 3.8) is 0 Å². The quantitative estimate of drug-likeness (QED) is 0.857. The Morgan fingerprint density at radius 2 is 1.79 bits per heavy atom. The zero-order valence-corrected chi connectivity index (χ0v) is 11.0. The summed E-state index contributed by atoms with van der Waals surface area (Å²) in [6.45, 7) is 4.37. The maximum atomic E-state index is 13.0. The minimum Gasteiger partial charge on any atom is -0.489 e. The SMILES string of the molecule is CCNCc1ccc(COc2cccc(F)c2)cc1. The van der Waals surface area contributed by atoms with E-state index in [4.69, 9.17) is 4.74 Å². The Hall–Kier alpha value is -1.87. The van der Waals surface area contributed by atoms with Crippen molar-refractivity contribution in [3.8, 4) is 5.75 Å². The second-order valence-corrected chi connectivity index (χ2v) is 4.34. The molecule has 0 unspecified atom stereocenters. The summed E-state index contributed by atoms with van der Waals surface area (Å²) in [6, 6.07) is 14.4. The number of halogens is 1. The normalized spacial score (nSPS) is 10.4. The van der Waals surface area contributed by atoms with Crippen LogP contribution in [-0.4, -0.2) is 6.54 Å². The van der Waals surface area contributed by atoms with Crippen molar-refractivity contribution >= 4 is 0 Å². The van der Waals surface area contributed by atoms with Crippen LogP contribution in [0, 0.1) is 5.82 Å². The van der Waals surface area contributed by atoms with Crippen LogP contribution < -0.4 is 10.1 Å². The first-order chi connectivity index (χ1) is 9.28. The summed E-state index contributed by atoms with van der Waals surface area (Å²) in [7, 11) is 0. The highest BCUT2D eigenvalue weighted by atomic mass is 19.1. The van der Waals surface area contributed by atoms with Crippen LogP contribution in [-0.2, 0) is 13.2 Å². The highest BCUT2D eigenvalue weighted by Crippen LogP contribution is 2.14. The van der Waals surface area contributed by atoms with Crippen molar-refractivity contribution in [1.29, 1.82) is 0 Å². The van der Waals surface area contributed by atoms with E-state index in [-0.39, 0.29) is 5.82 Å². The molecule has 0 saturated heterocycles. The fraction of sp³-hybridized carbons (Fsp3) is 0.250. The Labute approximate surface area is 113 Å². The van der Waals surface area contributed by atoms with Crippen molar-refractivity contribution in [2.24, 2.45) is 0 Å². The average Bonchev–Trinajstić information content (AvgIpc) is 2.44. The van der Waals surface area contributed by atoms with Gasteiger partial charge in [0.1, 0.15) is 18.2 Å². The minimum absolute atomic E-state index is 0.279. The molecule has 0 aliphatic rings. The molecule has 0 bridgehead atoms. The molecule has 3 heteroatoms. The zero-order chi connectivity index (χ0) is 13.5. The van der Waals surface area contributed by atoms with E-state index in [0.717, 1.165) is 18.7 Å². The minimum atomic E-state index is -0.279. The summed E-state index contributed by atoms with van der Waals surface area (Å²) in [5.41, 5.74) is 2.32. The predicted octanol–water partition coefficient (Wildman–Crippen LogP) is 3.51. The highest BCUT2D eigenvalue weighted by Gasteiger charge is 1.98. The molecule has 100 valence electrons. The third-order valence-corrected chi connectivity index (χ3v) is 2.80. The summed E-state index contributed by atoms with van der Waals surface area (Å²) in [4.78, 5) is 0. The molecule has 0 saturated carbocycles. The van der Waals surface area contributed by atoms with E-state index in [1.165, 1.54) is 17.7 Å². The van der Waals surface area contributed by atoms with Gasteiger partial charge < -0.3 is 10.1 Å². The topological polar surface area (TPSA) is 21.3 Å². The molecule has 1 N–H and O–H groups in total. The van der Waals surface area contributed by atoms with Crippen LogP contribution in [0.4, 0.5) is 4.39 Å². The number of nitrogens with one attached hydrogen (secondary N) is 1. The number of hydrogen-bond donors (Lipinski definition) is 1. The summed E-state index contributed by atoms with van der Waals surface area (Å²) in [5.74, 6) is 0.273. The standard InChI is InChI=1S/C16H18FNO/c1-2-18-11-13-6-8-14(9-7-13)12-19-16-5-3-4-15(17)10-16/h3-10,18H,2,11-12H2,1H3. The van der Waals surface area contributed by atoms with E-state index in [0.29, 0.717) is 12.4 Å².